The molecular weight excluding hydrogens is 318 g/mol. The van der Waals surface area contributed by atoms with Gasteiger partial charge in [-0.1, -0.05) is 5.21 Å². The molecule has 122 valence electrons. The van der Waals surface area contributed by atoms with Crippen molar-refractivity contribution in [3.63, 3.8) is 0 Å². The lowest BCUT2D eigenvalue weighted by Crippen LogP contribution is -2.07. The molecular formula is C16H13N9. The second kappa shape index (κ2) is 5.20. The highest BCUT2D eigenvalue weighted by molar-refractivity contribution is 5.69. The smallest absolute Gasteiger partial charge is 0.221 e. The first-order valence-electron chi connectivity index (χ1n) is 7.75. The minimum atomic E-state index is 0.468. The lowest BCUT2D eigenvalue weighted by atomic mass is 10.3. The van der Waals surface area contributed by atoms with Crippen LogP contribution in [0.3, 0.4) is 0 Å². The average Bonchev–Trinajstić information content (AvgIpc) is 3.34. The molecule has 0 saturated carbocycles. The first kappa shape index (κ1) is 13.8. The zero-order chi connectivity index (χ0) is 16.8. The Morgan fingerprint density at radius 3 is 2.96 bits per heavy atom. The van der Waals surface area contributed by atoms with Gasteiger partial charge in [0.1, 0.15) is 0 Å². The van der Waals surface area contributed by atoms with Crippen molar-refractivity contribution in [2.45, 2.75) is 6.54 Å². The van der Waals surface area contributed by atoms with Crippen molar-refractivity contribution in [3.05, 3.63) is 54.7 Å². The molecule has 0 aliphatic carbocycles. The quantitative estimate of drug-likeness (QED) is 0.495. The minimum Gasteiger partial charge on any atom is -0.275 e. The molecule has 0 N–H and O–H groups in total. The maximum Gasteiger partial charge on any atom is 0.221 e. The van der Waals surface area contributed by atoms with Crippen LogP contribution in [0.25, 0.3) is 28.1 Å². The predicted octanol–water partition coefficient (Wildman–Crippen LogP) is 1.32. The van der Waals surface area contributed by atoms with Gasteiger partial charge in [0.05, 0.1) is 35.8 Å². The van der Waals surface area contributed by atoms with E-state index in [9.17, 15) is 0 Å². The van der Waals surface area contributed by atoms with Gasteiger partial charge in [-0.2, -0.15) is 10.2 Å². The molecule has 0 aliphatic rings. The van der Waals surface area contributed by atoms with Crippen molar-refractivity contribution < 1.29 is 0 Å². The summed E-state index contributed by atoms with van der Waals surface area (Å²) in [6, 6.07) is 7.96. The fourth-order valence-corrected chi connectivity index (χ4v) is 2.75. The Morgan fingerprint density at radius 1 is 1.12 bits per heavy atom. The number of fused-ring (bicyclic) bond motifs is 2. The van der Waals surface area contributed by atoms with Crippen LogP contribution in [0.2, 0.25) is 0 Å². The van der Waals surface area contributed by atoms with Crippen LogP contribution < -0.4 is 0 Å². The zero-order valence-corrected chi connectivity index (χ0v) is 13.4. The van der Waals surface area contributed by atoms with Gasteiger partial charge in [-0.25, -0.2) is 19.2 Å². The molecule has 0 radical (unpaired) electrons. The van der Waals surface area contributed by atoms with Gasteiger partial charge in [0.15, 0.2) is 5.65 Å². The molecule has 0 aromatic carbocycles. The number of aromatic nitrogens is 9. The van der Waals surface area contributed by atoms with E-state index < -0.39 is 0 Å². The van der Waals surface area contributed by atoms with E-state index in [1.807, 2.05) is 48.2 Å². The van der Waals surface area contributed by atoms with Crippen LogP contribution in [0.15, 0.2) is 49.1 Å². The summed E-state index contributed by atoms with van der Waals surface area (Å²) in [4.78, 5) is 9.01. The molecule has 0 unspecified atom stereocenters. The number of hydrogen-bond acceptors (Lipinski definition) is 6. The Hall–Kier alpha value is -3.62. The molecule has 9 nitrogen and oxygen atoms in total. The van der Waals surface area contributed by atoms with Crippen LogP contribution in [0.4, 0.5) is 0 Å². The normalized spacial score (nSPS) is 11.6. The Labute approximate surface area is 141 Å². The van der Waals surface area contributed by atoms with Crippen molar-refractivity contribution in [3.8, 4) is 11.3 Å². The first-order valence-corrected chi connectivity index (χ1v) is 7.75. The molecule has 25 heavy (non-hydrogen) atoms. The van der Waals surface area contributed by atoms with E-state index in [0.29, 0.717) is 17.8 Å². The fraction of sp³-hybridized carbons (Fsp3) is 0.125. The highest BCUT2D eigenvalue weighted by Crippen LogP contribution is 2.17. The maximum atomic E-state index is 4.65. The van der Waals surface area contributed by atoms with E-state index in [4.69, 9.17) is 0 Å². The molecule has 0 amide bonds. The van der Waals surface area contributed by atoms with Crippen LogP contribution >= 0.6 is 0 Å². The molecule has 5 rings (SSSR count). The van der Waals surface area contributed by atoms with Gasteiger partial charge in [-0.15, -0.1) is 5.10 Å². The van der Waals surface area contributed by atoms with Gasteiger partial charge < -0.3 is 0 Å². The summed E-state index contributed by atoms with van der Waals surface area (Å²) in [7, 11) is 1.87. The zero-order valence-electron chi connectivity index (χ0n) is 13.4. The van der Waals surface area contributed by atoms with Gasteiger partial charge >= 0.3 is 0 Å². The van der Waals surface area contributed by atoms with Crippen LogP contribution in [0.1, 0.15) is 5.69 Å². The summed E-state index contributed by atoms with van der Waals surface area (Å²) in [5.41, 5.74) is 4.68. The minimum absolute atomic E-state index is 0.468. The van der Waals surface area contributed by atoms with Crippen molar-refractivity contribution in [1.82, 2.24) is 44.4 Å². The van der Waals surface area contributed by atoms with Crippen LogP contribution in [0.5, 0.6) is 0 Å². The predicted molar refractivity (Wildman–Crippen MR) is 89.6 cm³/mol. The molecule has 0 saturated heterocycles. The third-order valence-electron chi connectivity index (χ3n) is 3.98. The van der Waals surface area contributed by atoms with E-state index in [0.717, 1.165) is 22.5 Å². The molecule has 0 atom stereocenters. The van der Waals surface area contributed by atoms with Gasteiger partial charge in [-0.05, 0) is 24.3 Å². The molecule has 5 aromatic heterocycles. The van der Waals surface area contributed by atoms with Crippen molar-refractivity contribution in [2.75, 3.05) is 0 Å². The van der Waals surface area contributed by atoms with Crippen LogP contribution in [-0.2, 0) is 13.6 Å². The third kappa shape index (κ3) is 2.33. The maximum absolute atomic E-state index is 4.65. The summed E-state index contributed by atoms with van der Waals surface area (Å²) in [6.45, 7) is 0.468. The number of hydrogen-bond donors (Lipinski definition) is 0. The molecule has 0 bridgehead atoms. The highest BCUT2D eigenvalue weighted by atomic mass is 15.5. The summed E-state index contributed by atoms with van der Waals surface area (Å²) in [5.74, 6) is 0. The second-order valence-corrected chi connectivity index (χ2v) is 5.75. The van der Waals surface area contributed by atoms with E-state index >= 15 is 0 Å². The average molecular weight is 331 g/mol. The standard InChI is InChI=1S/C16H13N9/c1-23-9-11(7-18-23)14-8-17-15-16(19-14)25(22-20-15)10-12-4-5-13-3-2-6-24(13)21-12/h2-9H,10H2,1H3. The first-order chi connectivity index (χ1) is 12.3. The molecule has 0 spiro atoms. The van der Waals surface area contributed by atoms with E-state index in [1.54, 1.807) is 21.8 Å². The van der Waals surface area contributed by atoms with Gasteiger partial charge in [0, 0.05) is 25.0 Å². The van der Waals surface area contributed by atoms with Crippen LogP contribution in [0, 0.1) is 0 Å². The number of aryl methyl sites for hydroxylation is 1. The highest BCUT2D eigenvalue weighted by Gasteiger charge is 2.12. The van der Waals surface area contributed by atoms with Gasteiger partial charge in [0.25, 0.3) is 0 Å². The summed E-state index contributed by atoms with van der Waals surface area (Å²) in [6.07, 6.45) is 7.25. The van der Waals surface area contributed by atoms with E-state index in [2.05, 4.69) is 30.5 Å². The second-order valence-electron chi connectivity index (χ2n) is 5.75. The molecule has 0 fully saturated rings. The molecule has 5 heterocycles. The molecule has 9 heteroatoms. The number of rotatable bonds is 3. The largest absolute Gasteiger partial charge is 0.275 e. The lowest BCUT2D eigenvalue weighted by Gasteiger charge is -2.03. The Balaban J connectivity index is 1.56. The Bertz CT molecular complexity index is 1200. The fourth-order valence-electron chi connectivity index (χ4n) is 2.75. The Morgan fingerprint density at radius 2 is 2.08 bits per heavy atom. The molecule has 0 aliphatic heterocycles. The third-order valence-corrected chi connectivity index (χ3v) is 3.98. The lowest BCUT2D eigenvalue weighted by molar-refractivity contribution is 0.641. The van der Waals surface area contributed by atoms with Crippen LogP contribution in [-0.4, -0.2) is 44.4 Å². The Kier molecular flexibility index (Phi) is 2.87. The monoisotopic (exact) mass is 331 g/mol. The van der Waals surface area contributed by atoms with Gasteiger partial charge in [-0.3, -0.25) is 4.68 Å². The SMILES string of the molecule is Cn1cc(-c2cnc3nnn(Cc4ccc5cccn5n4)c3n2)cn1. The van der Waals surface area contributed by atoms with E-state index in [-0.39, 0.29) is 0 Å². The van der Waals surface area contributed by atoms with Gasteiger partial charge in [0.2, 0.25) is 5.65 Å². The summed E-state index contributed by atoms with van der Waals surface area (Å²) >= 11 is 0. The van der Waals surface area contributed by atoms with Crippen molar-refractivity contribution in [2.24, 2.45) is 7.05 Å². The van der Waals surface area contributed by atoms with Crippen molar-refractivity contribution >= 4 is 16.8 Å². The van der Waals surface area contributed by atoms with Crippen molar-refractivity contribution in [1.29, 1.82) is 0 Å². The van der Waals surface area contributed by atoms with E-state index in [1.165, 1.54) is 0 Å². The summed E-state index contributed by atoms with van der Waals surface area (Å²) in [5, 5.41) is 17.0. The molecule has 5 aromatic rings. The summed E-state index contributed by atoms with van der Waals surface area (Å²) < 4.78 is 5.27. The number of nitrogens with zero attached hydrogens (tertiary/aromatic N) is 9. The topological polar surface area (TPSA) is 91.6 Å².